The first-order valence-corrected chi connectivity index (χ1v) is 5.63. The highest BCUT2D eigenvalue weighted by atomic mass is 14.9. The Kier molecular flexibility index (Phi) is 1.93. The first kappa shape index (κ1) is 8.27. The molecule has 2 aliphatic rings. The maximum atomic E-state index is 4.17. The first-order valence-electron chi connectivity index (χ1n) is 5.63. The lowest BCUT2D eigenvalue weighted by molar-refractivity contribution is 0.313. The van der Waals surface area contributed by atoms with E-state index in [4.69, 9.17) is 0 Å². The van der Waals surface area contributed by atoms with Crippen LogP contribution in [0, 0.1) is 5.92 Å². The third-order valence-corrected chi connectivity index (χ3v) is 3.72. The molecule has 0 unspecified atom stereocenters. The van der Waals surface area contributed by atoms with Crippen LogP contribution in [0.15, 0.2) is 18.5 Å². The zero-order valence-corrected chi connectivity index (χ0v) is 8.37. The number of nitrogens with zero attached hydrogens (tertiary/aromatic N) is 1. The summed E-state index contributed by atoms with van der Waals surface area (Å²) in [6.07, 6.45) is 9.51. The van der Waals surface area contributed by atoms with Crippen molar-refractivity contribution < 1.29 is 0 Å². The van der Waals surface area contributed by atoms with Crippen molar-refractivity contribution in [2.45, 2.75) is 31.6 Å². The van der Waals surface area contributed by atoms with Gasteiger partial charge in [0.1, 0.15) is 0 Å². The molecule has 2 heterocycles. The molecular formula is C12H16N2. The number of aromatic nitrogens is 1. The predicted molar refractivity (Wildman–Crippen MR) is 57.4 cm³/mol. The van der Waals surface area contributed by atoms with Crippen LogP contribution in [-0.4, -0.2) is 11.5 Å². The molecule has 2 heteroatoms. The minimum Gasteiger partial charge on any atom is -0.383 e. The molecule has 0 spiro atoms. The zero-order chi connectivity index (χ0) is 9.38. The molecule has 1 aromatic rings. The van der Waals surface area contributed by atoms with Gasteiger partial charge in [-0.1, -0.05) is 12.8 Å². The molecule has 2 atom stereocenters. The van der Waals surface area contributed by atoms with E-state index in [2.05, 4.69) is 16.4 Å². The van der Waals surface area contributed by atoms with Gasteiger partial charge in [0, 0.05) is 12.7 Å². The maximum absolute atomic E-state index is 4.17. The van der Waals surface area contributed by atoms with Crippen molar-refractivity contribution >= 4 is 5.69 Å². The fourth-order valence-electron chi connectivity index (χ4n) is 2.98. The predicted octanol–water partition coefficient (Wildman–Crippen LogP) is 2.78. The van der Waals surface area contributed by atoms with Crippen LogP contribution in [0.25, 0.3) is 0 Å². The van der Waals surface area contributed by atoms with Gasteiger partial charge in [-0.05, 0) is 36.3 Å². The Balaban J connectivity index is 1.99. The van der Waals surface area contributed by atoms with Crippen LogP contribution in [0.1, 0.15) is 37.2 Å². The van der Waals surface area contributed by atoms with Crippen LogP contribution in [0.5, 0.6) is 0 Å². The van der Waals surface area contributed by atoms with Gasteiger partial charge in [-0.15, -0.1) is 0 Å². The number of hydrogen-bond acceptors (Lipinski definition) is 2. The summed E-state index contributed by atoms with van der Waals surface area (Å²) < 4.78 is 0. The fourth-order valence-corrected chi connectivity index (χ4v) is 2.98. The van der Waals surface area contributed by atoms with Crippen molar-refractivity contribution in [3.05, 3.63) is 24.0 Å². The lowest BCUT2D eigenvalue weighted by Crippen LogP contribution is -2.30. The number of fused-ring (bicyclic) bond motifs is 3. The number of pyridine rings is 1. The largest absolute Gasteiger partial charge is 0.383 e. The molecule has 14 heavy (non-hydrogen) atoms. The Morgan fingerprint density at radius 2 is 2.21 bits per heavy atom. The van der Waals surface area contributed by atoms with Crippen molar-refractivity contribution in [3.63, 3.8) is 0 Å². The topological polar surface area (TPSA) is 24.9 Å². The normalized spacial score (nSPS) is 30.0. The first-order chi connectivity index (χ1) is 6.95. The molecular weight excluding hydrogens is 172 g/mol. The van der Waals surface area contributed by atoms with Crippen LogP contribution in [0.3, 0.4) is 0 Å². The summed E-state index contributed by atoms with van der Waals surface area (Å²) in [6.45, 7) is 1.16. The third-order valence-electron chi connectivity index (χ3n) is 3.72. The molecule has 0 bridgehead atoms. The minimum absolute atomic E-state index is 0.808. The molecule has 74 valence electrons. The Hall–Kier alpha value is -1.05. The van der Waals surface area contributed by atoms with Crippen molar-refractivity contribution in [2.75, 3.05) is 11.9 Å². The van der Waals surface area contributed by atoms with Gasteiger partial charge in [-0.3, -0.25) is 4.98 Å². The van der Waals surface area contributed by atoms with Crippen LogP contribution in [-0.2, 0) is 0 Å². The Morgan fingerprint density at radius 1 is 1.29 bits per heavy atom. The number of anilines is 1. The summed E-state index contributed by atoms with van der Waals surface area (Å²) in [7, 11) is 0. The average Bonchev–Trinajstić information content (AvgIpc) is 2.29. The van der Waals surface area contributed by atoms with Crippen molar-refractivity contribution in [2.24, 2.45) is 5.92 Å². The van der Waals surface area contributed by atoms with Gasteiger partial charge in [0.05, 0.1) is 11.9 Å². The third kappa shape index (κ3) is 1.21. The van der Waals surface area contributed by atoms with E-state index in [-0.39, 0.29) is 0 Å². The second-order valence-corrected chi connectivity index (χ2v) is 4.49. The van der Waals surface area contributed by atoms with Crippen molar-refractivity contribution in [1.29, 1.82) is 0 Å². The highest BCUT2D eigenvalue weighted by molar-refractivity contribution is 5.53. The van der Waals surface area contributed by atoms with E-state index in [1.54, 1.807) is 0 Å². The second kappa shape index (κ2) is 3.26. The van der Waals surface area contributed by atoms with Gasteiger partial charge in [0.15, 0.2) is 0 Å². The SMILES string of the molecule is c1cc2c(cn1)NC[C@@H]1CCCC[C@@H]21. The lowest BCUT2D eigenvalue weighted by Gasteiger charge is -2.37. The van der Waals surface area contributed by atoms with E-state index in [9.17, 15) is 0 Å². The van der Waals surface area contributed by atoms with Gasteiger partial charge in [-0.25, -0.2) is 0 Å². The summed E-state index contributed by atoms with van der Waals surface area (Å²) >= 11 is 0. The highest BCUT2D eigenvalue weighted by Gasteiger charge is 2.31. The van der Waals surface area contributed by atoms with Crippen molar-refractivity contribution in [1.82, 2.24) is 4.98 Å². The fraction of sp³-hybridized carbons (Fsp3) is 0.583. The molecule has 1 saturated carbocycles. The summed E-state index contributed by atoms with van der Waals surface area (Å²) in [5.74, 6) is 1.68. The molecule has 1 aromatic heterocycles. The molecule has 2 nitrogen and oxygen atoms in total. The number of nitrogens with one attached hydrogen (secondary N) is 1. The highest BCUT2D eigenvalue weighted by Crippen LogP contribution is 2.43. The summed E-state index contributed by atoms with van der Waals surface area (Å²) in [5, 5.41) is 3.50. The van der Waals surface area contributed by atoms with Crippen LogP contribution in [0.4, 0.5) is 5.69 Å². The molecule has 3 rings (SSSR count). The summed E-state index contributed by atoms with van der Waals surface area (Å²) in [4.78, 5) is 4.17. The number of rotatable bonds is 0. The molecule has 1 aliphatic heterocycles. The molecule has 0 radical (unpaired) electrons. The summed E-state index contributed by atoms with van der Waals surface area (Å²) in [5.41, 5.74) is 2.78. The smallest absolute Gasteiger partial charge is 0.0562 e. The standard InChI is InChI=1S/C12H16N2/c1-2-4-10-9(3-1)7-14-12-8-13-6-5-11(10)12/h5-6,8-10,14H,1-4,7H2/t9-,10+/m0/s1. The molecule has 1 aliphatic carbocycles. The quantitative estimate of drug-likeness (QED) is 0.677. The van der Waals surface area contributed by atoms with E-state index in [0.717, 1.165) is 18.4 Å². The number of hydrogen-bond donors (Lipinski definition) is 1. The Morgan fingerprint density at radius 3 is 3.21 bits per heavy atom. The van der Waals surface area contributed by atoms with E-state index in [0.29, 0.717) is 0 Å². The molecule has 1 fully saturated rings. The lowest BCUT2D eigenvalue weighted by atomic mass is 9.73. The zero-order valence-electron chi connectivity index (χ0n) is 8.37. The minimum atomic E-state index is 0.808. The van der Waals surface area contributed by atoms with Crippen LogP contribution < -0.4 is 5.32 Å². The molecule has 0 amide bonds. The van der Waals surface area contributed by atoms with Gasteiger partial charge < -0.3 is 5.32 Å². The van der Waals surface area contributed by atoms with Crippen LogP contribution >= 0.6 is 0 Å². The molecule has 1 N–H and O–H groups in total. The monoisotopic (exact) mass is 188 g/mol. The van der Waals surface area contributed by atoms with E-state index < -0.39 is 0 Å². The van der Waals surface area contributed by atoms with Crippen molar-refractivity contribution in [3.8, 4) is 0 Å². The van der Waals surface area contributed by atoms with E-state index >= 15 is 0 Å². The van der Waals surface area contributed by atoms with Gasteiger partial charge in [0.2, 0.25) is 0 Å². The molecule has 0 aromatic carbocycles. The van der Waals surface area contributed by atoms with Gasteiger partial charge >= 0.3 is 0 Å². The Labute approximate surface area is 84.7 Å². The molecule has 0 saturated heterocycles. The van der Waals surface area contributed by atoms with E-state index in [1.165, 1.54) is 36.9 Å². The maximum Gasteiger partial charge on any atom is 0.0562 e. The second-order valence-electron chi connectivity index (χ2n) is 4.49. The summed E-state index contributed by atoms with van der Waals surface area (Å²) in [6, 6.07) is 2.20. The van der Waals surface area contributed by atoms with E-state index in [1.807, 2.05) is 12.4 Å². The van der Waals surface area contributed by atoms with Crippen LogP contribution in [0.2, 0.25) is 0 Å². The Bertz CT molecular complexity index is 335. The van der Waals surface area contributed by atoms with Gasteiger partial charge in [0.25, 0.3) is 0 Å². The average molecular weight is 188 g/mol. The van der Waals surface area contributed by atoms with Gasteiger partial charge in [-0.2, -0.15) is 0 Å².